The quantitative estimate of drug-likeness (QED) is 0.456. The number of hydrogen-bond donors (Lipinski definition) is 1. The van der Waals surface area contributed by atoms with Crippen molar-refractivity contribution in [2.75, 3.05) is 37.8 Å². The number of carboxylic acids is 1. The minimum absolute atomic E-state index is 0.0983. The van der Waals surface area contributed by atoms with Gasteiger partial charge in [-0.2, -0.15) is 5.26 Å². The first-order valence-electron chi connectivity index (χ1n) is 8.16. The molecule has 136 valence electrons. The smallest absolute Gasteiger partial charge is 0.306 e. The molecule has 0 bridgehead atoms. The van der Waals surface area contributed by atoms with Crippen LogP contribution in [0.3, 0.4) is 0 Å². The van der Waals surface area contributed by atoms with Crippen LogP contribution in [0.1, 0.15) is 24.8 Å². The molecule has 0 saturated carbocycles. The van der Waals surface area contributed by atoms with Gasteiger partial charge < -0.3 is 19.5 Å². The van der Waals surface area contributed by atoms with Crippen molar-refractivity contribution in [2.24, 2.45) is 0 Å². The average Bonchev–Trinajstić information content (AvgIpc) is 2.58. The van der Waals surface area contributed by atoms with Crippen molar-refractivity contribution < 1.29 is 24.2 Å². The Labute approximate surface area is 147 Å². The van der Waals surface area contributed by atoms with E-state index in [1.165, 1.54) is 0 Å². The molecule has 0 amide bonds. The number of nitriles is 1. The van der Waals surface area contributed by atoms with Gasteiger partial charge in [-0.1, -0.05) is 12.1 Å². The largest absolute Gasteiger partial charge is 0.481 e. The van der Waals surface area contributed by atoms with E-state index in [1.54, 1.807) is 0 Å². The number of nitrogens with zero attached hydrogens (tertiary/aromatic N) is 2. The third-order valence-electron chi connectivity index (χ3n) is 3.40. The Balaban J connectivity index is 2.27. The maximum Gasteiger partial charge on any atom is 0.306 e. The van der Waals surface area contributed by atoms with Crippen LogP contribution < -0.4 is 4.90 Å². The van der Waals surface area contributed by atoms with Crippen LogP contribution in [0.4, 0.5) is 5.69 Å². The highest BCUT2D eigenvalue weighted by Crippen LogP contribution is 2.15. The average molecular weight is 348 g/mol. The number of rotatable bonds is 12. The summed E-state index contributed by atoms with van der Waals surface area (Å²) in [6.07, 6.45) is 0.0593. The highest BCUT2D eigenvalue weighted by Gasteiger charge is 2.08. The molecule has 0 atom stereocenters. The topological polar surface area (TPSA) is 99.9 Å². The van der Waals surface area contributed by atoms with Crippen molar-refractivity contribution in [3.8, 4) is 6.07 Å². The normalized spacial score (nSPS) is 10.1. The Morgan fingerprint density at radius 3 is 2.68 bits per heavy atom. The van der Waals surface area contributed by atoms with Gasteiger partial charge in [0.2, 0.25) is 0 Å². The molecule has 0 spiro atoms. The summed E-state index contributed by atoms with van der Waals surface area (Å²) in [4.78, 5) is 23.7. The van der Waals surface area contributed by atoms with Gasteiger partial charge in [-0.3, -0.25) is 9.59 Å². The van der Waals surface area contributed by atoms with E-state index in [-0.39, 0.29) is 26.1 Å². The summed E-state index contributed by atoms with van der Waals surface area (Å²) in [6, 6.07) is 10.2. The second kappa shape index (κ2) is 11.9. The summed E-state index contributed by atoms with van der Waals surface area (Å²) >= 11 is 0. The standard InChI is InChI=1S/C18H24N2O5/c1-15-4-2-5-16(14-15)20(9-3-8-19)10-11-24-12-13-25-18(23)7-6-17(21)22/h2,4-5,14H,3,6-7,9-13H2,1H3,(H,21,22). The number of aliphatic carboxylic acids is 1. The molecule has 0 aliphatic heterocycles. The lowest BCUT2D eigenvalue weighted by atomic mass is 10.2. The van der Waals surface area contributed by atoms with Gasteiger partial charge in [0, 0.05) is 18.8 Å². The zero-order chi connectivity index (χ0) is 18.5. The Bertz CT molecular complexity index is 597. The second-order valence-electron chi connectivity index (χ2n) is 5.46. The monoisotopic (exact) mass is 348 g/mol. The van der Waals surface area contributed by atoms with Crippen LogP contribution in [-0.4, -0.2) is 50.0 Å². The maximum atomic E-state index is 11.2. The molecule has 0 saturated heterocycles. The molecule has 0 aliphatic carbocycles. The number of anilines is 1. The van der Waals surface area contributed by atoms with E-state index in [0.29, 0.717) is 26.1 Å². The van der Waals surface area contributed by atoms with Gasteiger partial charge in [0.15, 0.2) is 0 Å². The zero-order valence-corrected chi connectivity index (χ0v) is 14.4. The van der Waals surface area contributed by atoms with E-state index in [2.05, 4.69) is 17.0 Å². The molecular weight excluding hydrogens is 324 g/mol. The Morgan fingerprint density at radius 1 is 1.20 bits per heavy atom. The Hall–Kier alpha value is -2.59. The van der Waals surface area contributed by atoms with Gasteiger partial charge >= 0.3 is 11.9 Å². The third kappa shape index (κ3) is 9.33. The SMILES string of the molecule is Cc1cccc(N(CCC#N)CCOCCOC(=O)CCC(=O)O)c1. The van der Waals surface area contributed by atoms with Crippen LogP contribution in [0.2, 0.25) is 0 Å². The number of aryl methyl sites for hydroxylation is 1. The predicted molar refractivity (Wildman–Crippen MR) is 92.3 cm³/mol. The molecule has 7 nitrogen and oxygen atoms in total. The molecule has 1 N–H and O–H groups in total. The maximum absolute atomic E-state index is 11.2. The van der Waals surface area contributed by atoms with Crippen LogP contribution in [0, 0.1) is 18.3 Å². The van der Waals surface area contributed by atoms with Gasteiger partial charge in [0.05, 0.1) is 38.5 Å². The van der Waals surface area contributed by atoms with Crippen molar-refractivity contribution in [2.45, 2.75) is 26.2 Å². The van der Waals surface area contributed by atoms with Crippen molar-refractivity contribution in [1.29, 1.82) is 5.26 Å². The third-order valence-corrected chi connectivity index (χ3v) is 3.40. The summed E-state index contributed by atoms with van der Waals surface area (Å²) < 4.78 is 10.3. The van der Waals surface area contributed by atoms with Crippen LogP contribution >= 0.6 is 0 Å². The molecule has 0 fully saturated rings. The summed E-state index contributed by atoms with van der Waals surface area (Å²) in [5.74, 6) is -1.57. The molecule has 1 aromatic carbocycles. The second-order valence-corrected chi connectivity index (χ2v) is 5.46. The lowest BCUT2D eigenvalue weighted by Crippen LogP contribution is -2.29. The molecule has 7 heteroatoms. The first-order chi connectivity index (χ1) is 12.0. The highest BCUT2D eigenvalue weighted by molar-refractivity contribution is 5.76. The van der Waals surface area contributed by atoms with Crippen LogP contribution in [0.5, 0.6) is 0 Å². The number of benzene rings is 1. The van der Waals surface area contributed by atoms with E-state index in [1.807, 2.05) is 25.1 Å². The summed E-state index contributed by atoms with van der Waals surface area (Å²) in [6.45, 7) is 4.04. The molecule has 1 aromatic rings. The van der Waals surface area contributed by atoms with Crippen LogP contribution in [-0.2, 0) is 19.1 Å². The van der Waals surface area contributed by atoms with E-state index in [0.717, 1.165) is 11.3 Å². The van der Waals surface area contributed by atoms with E-state index >= 15 is 0 Å². The van der Waals surface area contributed by atoms with Crippen molar-refractivity contribution in [3.05, 3.63) is 29.8 Å². The van der Waals surface area contributed by atoms with Gasteiger partial charge in [0.25, 0.3) is 0 Å². The fourth-order valence-electron chi connectivity index (χ4n) is 2.15. The van der Waals surface area contributed by atoms with Gasteiger partial charge in [-0.05, 0) is 24.6 Å². The minimum atomic E-state index is -1.03. The molecule has 0 heterocycles. The zero-order valence-electron chi connectivity index (χ0n) is 14.4. The minimum Gasteiger partial charge on any atom is -0.481 e. The molecule has 0 aromatic heterocycles. The van der Waals surface area contributed by atoms with Crippen molar-refractivity contribution in [3.63, 3.8) is 0 Å². The van der Waals surface area contributed by atoms with E-state index in [4.69, 9.17) is 19.8 Å². The fourth-order valence-corrected chi connectivity index (χ4v) is 2.15. The van der Waals surface area contributed by atoms with Gasteiger partial charge in [0.1, 0.15) is 6.61 Å². The lowest BCUT2D eigenvalue weighted by molar-refractivity contribution is -0.148. The first-order valence-corrected chi connectivity index (χ1v) is 8.16. The van der Waals surface area contributed by atoms with Crippen molar-refractivity contribution in [1.82, 2.24) is 0 Å². The molecule has 1 rings (SSSR count). The van der Waals surface area contributed by atoms with Crippen LogP contribution in [0.15, 0.2) is 24.3 Å². The number of carbonyl (C=O) groups excluding carboxylic acids is 1. The van der Waals surface area contributed by atoms with E-state index in [9.17, 15) is 9.59 Å². The molecule has 0 aliphatic rings. The number of carboxylic acid groups (broad SMARTS) is 1. The number of ether oxygens (including phenoxy) is 2. The van der Waals surface area contributed by atoms with Crippen molar-refractivity contribution >= 4 is 17.6 Å². The van der Waals surface area contributed by atoms with Gasteiger partial charge in [-0.25, -0.2) is 0 Å². The number of hydrogen-bond acceptors (Lipinski definition) is 6. The lowest BCUT2D eigenvalue weighted by Gasteiger charge is -2.24. The predicted octanol–water partition coefficient (Wildman–Crippen LogP) is 2.14. The highest BCUT2D eigenvalue weighted by atomic mass is 16.6. The number of esters is 1. The number of carbonyl (C=O) groups is 2. The Kier molecular flexibility index (Phi) is 9.71. The summed E-state index contributed by atoms with van der Waals surface area (Å²) in [7, 11) is 0. The van der Waals surface area contributed by atoms with E-state index < -0.39 is 11.9 Å². The Morgan fingerprint density at radius 2 is 2.00 bits per heavy atom. The molecule has 0 unspecified atom stereocenters. The van der Waals surface area contributed by atoms with Crippen LogP contribution in [0.25, 0.3) is 0 Å². The summed E-state index contributed by atoms with van der Waals surface area (Å²) in [5.41, 5.74) is 2.19. The van der Waals surface area contributed by atoms with Gasteiger partial charge in [-0.15, -0.1) is 0 Å². The fraction of sp³-hybridized carbons (Fsp3) is 0.500. The molecule has 25 heavy (non-hydrogen) atoms. The molecular formula is C18H24N2O5. The first kappa shape index (κ1) is 20.5. The molecule has 0 radical (unpaired) electrons. The summed E-state index contributed by atoms with van der Waals surface area (Å²) in [5, 5.41) is 17.3.